The Hall–Kier alpha value is -2.65. The topological polar surface area (TPSA) is 78.3 Å². The molecule has 2 aromatic carbocycles. The van der Waals surface area contributed by atoms with Crippen LogP contribution in [0.3, 0.4) is 0 Å². The first-order valence-corrected chi connectivity index (χ1v) is 9.80. The maximum atomic E-state index is 14.2. The van der Waals surface area contributed by atoms with Crippen LogP contribution in [0, 0.1) is 12.7 Å². The molecule has 1 unspecified atom stereocenters. The molecule has 0 saturated heterocycles. The van der Waals surface area contributed by atoms with Crippen molar-refractivity contribution in [3.05, 3.63) is 58.3 Å². The van der Waals surface area contributed by atoms with Crippen molar-refractivity contribution in [2.75, 3.05) is 5.32 Å². The molecule has 1 aliphatic rings. The number of anilines is 1. The molecule has 0 bridgehead atoms. The highest BCUT2D eigenvalue weighted by Crippen LogP contribution is 2.55. The van der Waals surface area contributed by atoms with Gasteiger partial charge in [-0.1, -0.05) is 24.6 Å². The molecule has 0 radical (unpaired) electrons. The fourth-order valence-electron chi connectivity index (χ4n) is 4.25. The molecule has 1 heterocycles. The largest absolute Gasteiger partial charge is 0.505 e. The molecule has 3 aromatic rings. The van der Waals surface area contributed by atoms with Crippen molar-refractivity contribution < 1.29 is 27.8 Å². The van der Waals surface area contributed by atoms with Gasteiger partial charge in [-0.3, -0.25) is 0 Å². The number of aromatic nitrogens is 2. The number of fused-ring (bicyclic) bond motifs is 2. The summed E-state index contributed by atoms with van der Waals surface area (Å²) in [5.41, 5.74) is -2.63. The van der Waals surface area contributed by atoms with E-state index in [1.807, 2.05) is 0 Å². The van der Waals surface area contributed by atoms with E-state index in [0.717, 1.165) is 6.07 Å². The van der Waals surface area contributed by atoms with E-state index in [1.165, 1.54) is 19.2 Å². The Bertz CT molecular complexity index is 1190. The molecule has 5 nitrogen and oxygen atoms in total. The molecule has 10 heteroatoms. The number of phenolic OH excluding ortho intramolecular Hbond substituents is 1. The summed E-state index contributed by atoms with van der Waals surface area (Å²) in [5, 5.41) is 23.8. The van der Waals surface area contributed by atoms with Gasteiger partial charge in [-0.25, -0.2) is 14.4 Å². The minimum Gasteiger partial charge on any atom is -0.505 e. The minimum absolute atomic E-state index is 0.0272. The molecule has 164 valence electrons. The molecule has 0 amide bonds. The van der Waals surface area contributed by atoms with Crippen LogP contribution >= 0.6 is 11.6 Å². The zero-order valence-electron chi connectivity index (χ0n) is 16.4. The van der Waals surface area contributed by atoms with E-state index >= 15 is 0 Å². The van der Waals surface area contributed by atoms with Crippen LogP contribution in [0.25, 0.3) is 10.9 Å². The summed E-state index contributed by atoms with van der Waals surface area (Å²) in [5.74, 6) is -2.43. The molecule has 0 aliphatic heterocycles. The number of aliphatic hydroxyl groups is 1. The van der Waals surface area contributed by atoms with Crippen LogP contribution in [0.2, 0.25) is 5.02 Å². The summed E-state index contributed by atoms with van der Waals surface area (Å²) in [6.45, 7) is 3.06. The third-order valence-electron chi connectivity index (χ3n) is 5.70. The lowest BCUT2D eigenvalue weighted by atomic mass is 9.70. The zero-order valence-corrected chi connectivity index (χ0v) is 17.2. The zero-order chi connectivity index (χ0) is 22.7. The molecule has 31 heavy (non-hydrogen) atoms. The van der Waals surface area contributed by atoms with Crippen molar-refractivity contribution in [3.63, 3.8) is 0 Å². The van der Waals surface area contributed by atoms with Gasteiger partial charge < -0.3 is 15.5 Å². The van der Waals surface area contributed by atoms with E-state index in [1.54, 1.807) is 19.1 Å². The summed E-state index contributed by atoms with van der Waals surface area (Å²) >= 11 is 5.84. The highest BCUT2D eigenvalue weighted by Gasteiger charge is 2.62. The lowest BCUT2D eigenvalue weighted by Crippen LogP contribution is -2.55. The normalized spacial score (nSPS) is 23.6. The lowest BCUT2D eigenvalue weighted by Gasteiger charge is -2.45. The molecule has 1 aliphatic carbocycles. The molecule has 0 spiro atoms. The lowest BCUT2D eigenvalue weighted by molar-refractivity contribution is -0.272. The van der Waals surface area contributed by atoms with Crippen molar-refractivity contribution in [2.24, 2.45) is 0 Å². The van der Waals surface area contributed by atoms with Crippen molar-refractivity contribution in [2.45, 2.75) is 44.0 Å². The quantitative estimate of drug-likeness (QED) is 0.451. The average molecular weight is 456 g/mol. The molecule has 4 rings (SSSR count). The van der Waals surface area contributed by atoms with Gasteiger partial charge in [0.2, 0.25) is 0 Å². The van der Waals surface area contributed by atoms with Crippen LogP contribution in [0.15, 0.2) is 30.5 Å². The third kappa shape index (κ3) is 3.36. The first kappa shape index (κ1) is 21.6. The predicted molar refractivity (Wildman–Crippen MR) is 108 cm³/mol. The maximum Gasteiger partial charge on any atom is 0.419 e. The molecule has 0 fully saturated rings. The van der Waals surface area contributed by atoms with E-state index in [-0.39, 0.29) is 16.8 Å². The van der Waals surface area contributed by atoms with E-state index in [4.69, 9.17) is 11.6 Å². The Balaban J connectivity index is 1.95. The van der Waals surface area contributed by atoms with Gasteiger partial charge in [0.1, 0.15) is 5.82 Å². The Labute approximate surface area is 179 Å². The number of benzene rings is 2. The number of nitrogens with zero attached hydrogens (tertiary/aromatic N) is 2. The van der Waals surface area contributed by atoms with Crippen LogP contribution in [0.5, 0.6) is 5.75 Å². The smallest absolute Gasteiger partial charge is 0.419 e. The van der Waals surface area contributed by atoms with Crippen LogP contribution < -0.4 is 5.32 Å². The van der Waals surface area contributed by atoms with Crippen LogP contribution in [-0.4, -0.2) is 32.0 Å². The summed E-state index contributed by atoms with van der Waals surface area (Å²) in [6, 6.07) is 4.06. The summed E-state index contributed by atoms with van der Waals surface area (Å²) in [6.07, 6.45) is -4.34. The maximum absolute atomic E-state index is 14.2. The summed E-state index contributed by atoms with van der Waals surface area (Å²) in [7, 11) is 0. The molecule has 3 atom stereocenters. The SMILES string of the molecule is Cc1ncc2c(N[C@H]3c4cc(Cl)c(F)c(O)c4[C@H](C)CC3(O)C(F)(F)F)cccc2n1. The van der Waals surface area contributed by atoms with Gasteiger partial charge in [-0.05, 0) is 43.0 Å². The summed E-state index contributed by atoms with van der Waals surface area (Å²) < 4.78 is 56.5. The number of alkyl halides is 3. The average Bonchev–Trinajstić information content (AvgIpc) is 2.67. The minimum atomic E-state index is -5.02. The van der Waals surface area contributed by atoms with Gasteiger partial charge >= 0.3 is 6.18 Å². The number of halogens is 5. The monoisotopic (exact) mass is 455 g/mol. The second-order valence-electron chi connectivity index (χ2n) is 7.78. The Morgan fingerprint density at radius 2 is 2.00 bits per heavy atom. The van der Waals surface area contributed by atoms with E-state index in [9.17, 15) is 27.8 Å². The highest BCUT2D eigenvalue weighted by molar-refractivity contribution is 6.31. The Kier molecular flexibility index (Phi) is 5.01. The number of aryl methyl sites for hydroxylation is 1. The van der Waals surface area contributed by atoms with E-state index < -0.39 is 46.7 Å². The fraction of sp³-hybridized carbons (Fsp3) is 0.333. The third-order valence-corrected chi connectivity index (χ3v) is 5.98. The number of hydrogen-bond donors (Lipinski definition) is 3. The summed E-state index contributed by atoms with van der Waals surface area (Å²) in [4.78, 5) is 8.36. The number of nitrogens with one attached hydrogen (secondary N) is 1. The second kappa shape index (κ2) is 7.20. The van der Waals surface area contributed by atoms with Crippen LogP contribution in [0.4, 0.5) is 23.2 Å². The molecule has 3 N–H and O–H groups in total. The number of hydrogen-bond acceptors (Lipinski definition) is 5. The first-order chi connectivity index (χ1) is 14.4. The Morgan fingerprint density at radius 3 is 2.68 bits per heavy atom. The second-order valence-corrected chi connectivity index (χ2v) is 8.19. The molecule has 0 saturated carbocycles. The van der Waals surface area contributed by atoms with Gasteiger partial charge in [0.25, 0.3) is 0 Å². The van der Waals surface area contributed by atoms with E-state index in [2.05, 4.69) is 15.3 Å². The van der Waals surface area contributed by atoms with Gasteiger partial charge in [0.05, 0.1) is 16.6 Å². The number of aromatic hydroxyl groups is 1. The van der Waals surface area contributed by atoms with E-state index in [0.29, 0.717) is 16.7 Å². The van der Waals surface area contributed by atoms with Gasteiger partial charge in [0.15, 0.2) is 17.2 Å². The highest BCUT2D eigenvalue weighted by atomic mass is 35.5. The van der Waals surface area contributed by atoms with Gasteiger partial charge in [-0.15, -0.1) is 0 Å². The van der Waals surface area contributed by atoms with Crippen molar-refractivity contribution in [1.29, 1.82) is 0 Å². The predicted octanol–water partition coefficient (Wildman–Crippen LogP) is 5.39. The Morgan fingerprint density at radius 1 is 1.29 bits per heavy atom. The standard InChI is InChI=1S/C21H18ClF4N3O2/c1-9-7-20(31,21(24,25)26)19(11-6-13(22)17(23)18(30)16(9)11)29-15-5-3-4-14-12(15)8-27-10(2)28-14/h3-6,8-9,19,29-31H,7H2,1-2H3/t9-,19+,20?/m1/s1. The number of rotatable bonds is 2. The van der Waals surface area contributed by atoms with Crippen molar-refractivity contribution in [3.8, 4) is 5.75 Å². The van der Waals surface area contributed by atoms with Crippen LogP contribution in [0.1, 0.15) is 42.3 Å². The molecular weight excluding hydrogens is 438 g/mol. The number of phenols is 1. The van der Waals surface area contributed by atoms with Crippen molar-refractivity contribution >= 4 is 28.2 Å². The van der Waals surface area contributed by atoms with Gasteiger partial charge in [-0.2, -0.15) is 13.2 Å². The fourth-order valence-corrected chi connectivity index (χ4v) is 4.46. The van der Waals surface area contributed by atoms with Crippen molar-refractivity contribution in [1.82, 2.24) is 9.97 Å². The molecule has 1 aromatic heterocycles. The first-order valence-electron chi connectivity index (χ1n) is 9.43. The van der Waals surface area contributed by atoms with Crippen LogP contribution in [-0.2, 0) is 0 Å². The van der Waals surface area contributed by atoms with Gasteiger partial charge in [0, 0.05) is 22.8 Å². The molecular formula is C21H18ClF4N3O2.